The molecule has 20 heavy (non-hydrogen) atoms. The number of sulfonamides is 1. The van der Waals surface area contributed by atoms with Crippen molar-refractivity contribution in [3.8, 4) is 0 Å². The number of rotatable bonds is 6. The van der Waals surface area contributed by atoms with E-state index in [4.69, 9.17) is 9.84 Å². The summed E-state index contributed by atoms with van der Waals surface area (Å²) in [4.78, 5) is 12.0. The van der Waals surface area contributed by atoms with E-state index in [1.165, 1.54) is 0 Å². The molecule has 1 aromatic carbocycles. The van der Waals surface area contributed by atoms with E-state index in [2.05, 4.69) is 0 Å². The summed E-state index contributed by atoms with van der Waals surface area (Å²) in [7, 11) is -3.62. The number of carbonyl (C=O) groups is 1. The Balaban J connectivity index is 3.10. The fourth-order valence-corrected chi connectivity index (χ4v) is 2.21. The van der Waals surface area contributed by atoms with E-state index >= 15 is 0 Å². The lowest BCUT2D eigenvalue weighted by Gasteiger charge is -2.17. The first-order valence-electron chi connectivity index (χ1n) is 6.09. The van der Waals surface area contributed by atoms with Crippen LogP contribution in [0, 0.1) is 6.92 Å². The summed E-state index contributed by atoms with van der Waals surface area (Å²) in [6.45, 7) is 3.56. The molecule has 1 rings (SSSR count). The maximum Gasteiger partial charge on any atom is 0.265 e. The Kier molecular flexibility index (Phi) is 5.67. The van der Waals surface area contributed by atoms with Crippen LogP contribution in [0.1, 0.15) is 34.5 Å². The Morgan fingerprint density at radius 3 is 2.65 bits per heavy atom. The lowest BCUT2D eigenvalue weighted by Crippen LogP contribution is -2.30. The Hall–Kier alpha value is -1.44. The molecule has 1 atom stereocenters. The summed E-state index contributed by atoms with van der Waals surface area (Å²) in [6, 6.07) is 5.13. The number of nitrogens with one attached hydrogen (secondary N) is 1. The summed E-state index contributed by atoms with van der Waals surface area (Å²) in [5.41, 5.74) is 1.66. The average molecular weight is 301 g/mol. The van der Waals surface area contributed by atoms with Crippen molar-refractivity contribution >= 4 is 15.9 Å². The van der Waals surface area contributed by atoms with Crippen LogP contribution in [0.3, 0.4) is 0 Å². The third-order valence-corrected chi connectivity index (χ3v) is 3.18. The van der Waals surface area contributed by atoms with Crippen molar-refractivity contribution in [3.05, 3.63) is 34.9 Å². The van der Waals surface area contributed by atoms with Crippen LogP contribution in [-0.2, 0) is 14.8 Å². The normalized spacial score (nSPS) is 13.0. The van der Waals surface area contributed by atoms with Gasteiger partial charge in [0.15, 0.2) is 0 Å². The summed E-state index contributed by atoms with van der Waals surface area (Å²) >= 11 is 0. The molecule has 0 saturated heterocycles. The van der Waals surface area contributed by atoms with Gasteiger partial charge in [0.1, 0.15) is 0 Å². The van der Waals surface area contributed by atoms with Gasteiger partial charge in [0.25, 0.3) is 5.91 Å². The number of ether oxygens (including phenoxy) is 1. The SMILES string of the molecule is Cc1ccc([C@@H](C)OCCO)c(C(=O)NS(C)(=O)=O)c1. The molecule has 112 valence electrons. The number of hydrogen-bond acceptors (Lipinski definition) is 5. The Morgan fingerprint density at radius 1 is 1.45 bits per heavy atom. The quantitative estimate of drug-likeness (QED) is 0.809. The highest BCUT2D eigenvalue weighted by Gasteiger charge is 2.19. The first-order chi connectivity index (χ1) is 9.24. The zero-order chi connectivity index (χ0) is 15.3. The highest BCUT2D eigenvalue weighted by Crippen LogP contribution is 2.22. The lowest BCUT2D eigenvalue weighted by molar-refractivity contribution is 0.0379. The Labute approximate surface area is 118 Å². The van der Waals surface area contributed by atoms with Crippen LogP contribution in [0.25, 0.3) is 0 Å². The second-order valence-corrected chi connectivity index (χ2v) is 6.28. The van der Waals surface area contributed by atoms with Gasteiger partial charge in [0.2, 0.25) is 10.0 Å². The number of aliphatic hydroxyl groups is 1. The molecule has 0 aliphatic rings. The van der Waals surface area contributed by atoms with Crippen molar-refractivity contribution in [2.75, 3.05) is 19.5 Å². The monoisotopic (exact) mass is 301 g/mol. The molecule has 7 heteroatoms. The molecular formula is C13H19NO5S. The minimum Gasteiger partial charge on any atom is -0.394 e. The second-order valence-electron chi connectivity index (χ2n) is 4.53. The molecule has 0 aromatic heterocycles. The standard InChI is InChI=1S/C13H19NO5S/c1-9-4-5-11(10(2)19-7-6-15)12(8-9)13(16)14-20(3,17)18/h4-5,8,10,15H,6-7H2,1-3H3,(H,14,16)/t10-/m1/s1. The summed E-state index contributed by atoms with van der Waals surface area (Å²) in [5.74, 6) is -0.689. The Bertz CT molecular complexity index is 582. The van der Waals surface area contributed by atoms with Crippen LogP contribution in [0.4, 0.5) is 0 Å². The van der Waals surface area contributed by atoms with Gasteiger partial charge in [-0.05, 0) is 25.5 Å². The van der Waals surface area contributed by atoms with Gasteiger partial charge in [0.05, 0.1) is 25.6 Å². The number of carbonyl (C=O) groups excluding carboxylic acids is 1. The summed E-state index contributed by atoms with van der Waals surface area (Å²) in [6.07, 6.45) is 0.495. The average Bonchev–Trinajstić information content (AvgIpc) is 2.33. The highest BCUT2D eigenvalue weighted by molar-refractivity contribution is 7.89. The van der Waals surface area contributed by atoms with Crippen LogP contribution in [-0.4, -0.2) is 38.9 Å². The van der Waals surface area contributed by atoms with Crippen molar-refractivity contribution in [1.82, 2.24) is 4.72 Å². The molecule has 0 spiro atoms. The molecule has 0 unspecified atom stereocenters. The van der Waals surface area contributed by atoms with E-state index < -0.39 is 22.0 Å². The maximum absolute atomic E-state index is 12.0. The number of hydrogen-bond donors (Lipinski definition) is 2. The number of amides is 1. The first kappa shape index (κ1) is 16.6. The molecule has 0 saturated carbocycles. The number of aryl methyl sites for hydroxylation is 1. The van der Waals surface area contributed by atoms with E-state index in [0.29, 0.717) is 5.56 Å². The van der Waals surface area contributed by atoms with Gasteiger partial charge in [-0.25, -0.2) is 13.1 Å². The smallest absolute Gasteiger partial charge is 0.265 e. The van der Waals surface area contributed by atoms with Crippen LogP contribution in [0.2, 0.25) is 0 Å². The van der Waals surface area contributed by atoms with Gasteiger partial charge in [-0.1, -0.05) is 17.7 Å². The topological polar surface area (TPSA) is 92.7 Å². The molecule has 0 aliphatic heterocycles. The predicted octanol–water partition coefficient (Wildman–Crippen LogP) is 0.754. The molecule has 0 heterocycles. The Morgan fingerprint density at radius 2 is 2.10 bits per heavy atom. The minimum atomic E-state index is -3.62. The van der Waals surface area contributed by atoms with E-state index in [1.807, 2.05) is 10.8 Å². The molecule has 1 amide bonds. The van der Waals surface area contributed by atoms with E-state index in [1.54, 1.807) is 26.0 Å². The van der Waals surface area contributed by atoms with Crippen LogP contribution in [0.5, 0.6) is 0 Å². The molecule has 0 bridgehead atoms. The van der Waals surface area contributed by atoms with Crippen molar-refractivity contribution in [2.24, 2.45) is 0 Å². The van der Waals surface area contributed by atoms with Gasteiger partial charge in [0, 0.05) is 5.56 Å². The zero-order valence-electron chi connectivity index (χ0n) is 11.7. The maximum atomic E-state index is 12.0. The van der Waals surface area contributed by atoms with E-state index in [0.717, 1.165) is 11.8 Å². The van der Waals surface area contributed by atoms with Gasteiger partial charge in [-0.3, -0.25) is 4.79 Å². The minimum absolute atomic E-state index is 0.124. The van der Waals surface area contributed by atoms with Gasteiger partial charge >= 0.3 is 0 Å². The molecule has 6 nitrogen and oxygen atoms in total. The fourth-order valence-electron chi connectivity index (χ4n) is 1.76. The molecular weight excluding hydrogens is 282 g/mol. The van der Waals surface area contributed by atoms with Crippen LogP contribution >= 0.6 is 0 Å². The zero-order valence-corrected chi connectivity index (χ0v) is 12.5. The molecule has 0 radical (unpaired) electrons. The van der Waals surface area contributed by atoms with Gasteiger partial charge < -0.3 is 9.84 Å². The van der Waals surface area contributed by atoms with Gasteiger partial charge in [-0.2, -0.15) is 0 Å². The van der Waals surface area contributed by atoms with Crippen molar-refractivity contribution in [2.45, 2.75) is 20.0 Å². The summed E-state index contributed by atoms with van der Waals surface area (Å²) in [5, 5.41) is 8.75. The van der Waals surface area contributed by atoms with Crippen LogP contribution < -0.4 is 4.72 Å². The second kappa shape index (κ2) is 6.83. The molecule has 2 N–H and O–H groups in total. The largest absolute Gasteiger partial charge is 0.394 e. The van der Waals surface area contributed by atoms with E-state index in [-0.39, 0.29) is 18.8 Å². The van der Waals surface area contributed by atoms with E-state index in [9.17, 15) is 13.2 Å². The number of aliphatic hydroxyl groups excluding tert-OH is 1. The predicted molar refractivity (Wildman–Crippen MR) is 74.9 cm³/mol. The first-order valence-corrected chi connectivity index (χ1v) is 7.99. The molecule has 1 aromatic rings. The lowest BCUT2D eigenvalue weighted by atomic mass is 10.0. The van der Waals surface area contributed by atoms with Crippen molar-refractivity contribution in [1.29, 1.82) is 0 Å². The fraction of sp³-hybridized carbons (Fsp3) is 0.462. The third-order valence-electron chi connectivity index (χ3n) is 2.63. The van der Waals surface area contributed by atoms with Crippen molar-refractivity contribution < 1.29 is 23.1 Å². The van der Waals surface area contributed by atoms with Gasteiger partial charge in [-0.15, -0.1) is 0 Å². The summed E-state index contributed by atoms with van der Waals surface area (Å²) < 4.78 is 29.6. The molecule has 0 fully saturated rings. The van der Waals surface area contributed by atoms with Crippen LogP contribution in [0.15, 0.2) is 18.2 Å². The molecule has 0 aliphatic carbocycles. The highest BCUT2D eigenvalue weighted by atomic mass is 32.2. The number of benzene rings is 1. The van der Waals surface area contributed by atoms with Crippen molar-refractivity contribution in [3.63, 3.8) is 0 Å². The third kappa shape index (κ3) is 4.92.